The highest BCUT2D eigenvalue weighted by Crippen LogP contribution is 2.32. The van der Waals surface area contributed by atoms with E-state index in [9.17, 15) is 9.59 Å². The standard InChI is InChI=1S/C19H26ClNO4/c1-9(2)19-24-7-14(8-25-19)18(23)21-16-12(5)10(3)11(4)15(13(16)6)17(20)22/h9,14,19H,7-8H2,1-6H3,(H,21,23). The molecule has 5 nitrogen and oxygen atoms in total. The van der Waals surface area contributed by atoms with Crippen molar-refractivity contribution < 1.29 is 19.1 Å². The second kappa shape index (κ2) is 7.85. The van der Waals surface area contributed by atoms with Crippen molar-refractivity contribution in [2.75, 3.05) is 18.5 Å². The molecule has 1 N–H and O–H groups in total. The zero-order valence-electron chi connectivity index (χ0n) is 15.7. The van der Waals surface area contributed by atoms with Crippen LogP contribution in [0.15, 0.2) is 0 Å². The topological polar surface area (TPSA) is 64.6 Å². The fraction of sp³-hybridized carbons (Fsp3) is 0.579. The average Bonchev–Trinajstić information content (AvgIpc) is 2.56. The molecule has 1 fully saturated rings. The maximum atomic E-state index is 12.6. The number of halogens is 1. The first kappa shape index (κ1) is 19.9. The van der Waals surface area contributed by atoms with E-state index in [-0.39, 0.29) is 24.0 Å². The summed E-state index contributed by atoms with van der Waals surface area (Å²) in [6.07, 6.45) is -0.269. The van der Waals surface area contributed by atoms with Crippen LogP contribution in [-0.2, 0) is 14.3 Å². The predicted octanol–water partition coefficient (Wildman–Crippen LogP) is 3.88. The summed E-state index contributed by atoms with van der Waals surface area (Å²) in [5, 5.41) is 2.43. The van der Waals surface area contributed by atoms with Crippen LogP contribution >= 0.6 is 11.6 Å². The number of benzene rings is 1. The Morgan fingerprint density at radius 3 is 2.04 bits per heavy atom. The molecule has 6 heteroatoms. The van der Waals surface area contributed by atoms with Crippen LogP contribution < -0.4 is 5.32 Å². The Labute approximate surface area is 154 Å². The predicted molar refractivity (Wildman–Crippen MR) is 98.2 cm³/mol. The molecule has 1 aliphatic heterocycles. The Hall–Kier alpha value is -1.43. The SMILES string of the molecule is Cc1c(C)c(NC(=O)C2COC(C(C)C)OC2)c(C)c(C(=O)Cl)c1C. The summed E-state index contributed by atoms with van der Waals surface area (Å²) in [5.74, 6) is -0.319. The highest BCUT2D eigenvalue weighted by molar-refractivity contribution is 6.68. The van der Waals surface area contributed by atoms with Gasteiger partial charge in [-0.2, -0.15) is 0 Å². The minimum atomic E-state index is -0.516. The molecule has 1 aliphatic rings. The van der Waals surface area contributed by atoms with Gasteiger partial charge < -0.3 is 14.8 Å². The van der Waals surface area contributed by atoms with Gasteiger partial charge in [-0.25, -0.2) is 0 Å². The molecule has 0 bridgehead atoms. The van der Waals surface area contributed by atoms with Gasteiger partial charge in [-0.05, 0) is 61.5 Å². The van der Waals surface area contributed by atoms with Crippen LogP contribution in [0.25, 0.3) is 0 Å². The lowest BCUT2D eigenvalue weighted by atomic mass is 9.92. The lowest BCUT2D eigenvalue weighted by molar-refractivity contribution is -0.217. The third kappa shape index (κ3) is 4.05. The first-order valence-electron chi connectivity index (χ1n) is 8.49. The van der Waals surface area contributed by atoms with Crippen molar-refractivity contribution in [3.8, 4) is 0 Å². The number of hydrogen-bond donors (Lipinski definition) is 1. The first-order chi connectivity index (χ1) is 11.6. The molecule has 0 radical (unpaired) electrons. The van der Waals surface area contributed by atoms with E-state index in [4.69, 9.17) is 21.1 Å². The van der Waals surface area contributed by atoms with Crippen LogP contribution in [0, 0.1) is 39.5 Å². The van der Waals surface area contributed by atoms with E-state index < -0.39 is 5.24 Å². The summed E-state index contributed by atoms with van der Waals surface area (Å²) in [6, 6.07) is 0. The Kier molecular flexibility index (Phi) is 6.25. The van der Waals surface area contributed by atoms with Gasteiger partial charge in [-0.3, -0.25) is 9.59 Å². The van der Waals surface area contributed by atoms with E-state index in [0.717, 1.165) is 16.7 Å². The van der Waals surface area contributed by atoms with Gasteiger partial charge in [0.25, 0.3) is 5.24 Å². The zero-order chi connectivity index (χ0) is 18.9. The summed E-state index contributed by atoms with van der Waals surface area (Å²) < 4.78 is 11.2. The van der Waals surface area contributed by atoms with Crippen molar-refractivity contribution in [1.82, 2.24) is 0 Å². The molecule has 1 saturated heterocycles. The quantitative estimate of drug-likeness (QED) is 0.820. The molecule has 1 aromatic carbocycles. The smallest absolute Gasteiger partial charge is 0.253 e. The molecule has 1 amide bonds. The van der Waals surface area contributed by atoms with Crippen LogP contribution in [0.2, 0.25) is 0 Å². The van der Waals surface area contributed by atoms with Crippen molar-refractivity contribution in [2.24, 2.45) is 11.8 Å². The highest BCUT2D eigenvalue weighted by atomic mass is 35.5. The third-order valence-corrected chi connectivity index (χ3v) is 5.10. The molecule has 0 aliphatic carbocycles. The summed E-state index contributed by atoms with van der Waals surface area (Å²) in [6.45, 7) is 12.2. The van der Waals surface area contributed by atoms with Gasteiger partial charge in [-0.1, -0.05) is 13.8 Å². The summed E-state index contributed by atoms with van der Waals surface area (Å²) in [7, 11) is 0. The monoisotopic (exact) mass is 367 g/mol. The van der Waals surface area contributed by atoms with Crippen LogP contribution in [0.3, 0.4) is 0 Å². The lowest BCUT2D eigenvalue weighted by Gasteiger charge is -2.31. The Morgan fingerprint density at radius 2 is 1.56 bits per heavy atom. The van der Waals surface area contributed by atoms with E-state index in [1.54, 1.807) is 6.92 Å². The molecule has 25 heavy (non-hydrogen) atoms. The van der Waals surface area contributed by atoms with Crippen LogP contribution in [-0.4, -0.2) is 30.7 Å². The second-order valence-electron chi connectivity index (χ2n) is 6.99. The van der Waals surface area contributed by atoms with E-state index in [1.807, 2.05) is 34.6 Å². The van der Waals surface area contributed by atoms with Gasteiger partial charge in [0.15, 0.2) is 6.29 Å². The average molecular weight is 368 g/mol. The molecular weight excluding hydrogens is 342 g/mol. The molecule has 1 aromatic rings. The molecule has 0 saturated carbocycles. The molecular formula is C19H26ClNO4. The number of amides is 1. The number of hydrogen-bond acceptors (Lipinski definition) is 4. The van der Waals surface area contributed by atoms with Gasteiger partial charge in [0.05, 0.1) is 19.1 Å². The molecule has 1 heterocycles. The zero-order valence-corrected chi connectivity index (χ0v) is 16.4. The fourth-order valence-corrected chi connectivity index (χ4v) is 3.39. The number of rotatable bonds is 4. The largest absolute Gasteiger partial charge is 0.351 e. The molecule has 0 unspecified atom stereocenters. The first-order valence-corrected chi connectivity index (χ1v) is 8.87. The highest BCUT2D eigenvalue weighted by Gasteiger charge is 2.30. The number of carbonyl (C=O) groups is 2. The fourth-order valence-electron chi connectivity index (χ4n) is 3.11. The number of ether oxygens (including phenoxy) is 2. The normalized spacial score (nSPS) is 20.6. The van der Waals surface area contributed by atoms with Gasteiger partial charge >= 0.3 is 0 Å². The van der Waals surface area contributed by atoms with Gasteiger partial charge in [0.1, 0.15) is 0 Å². The molecule has 138 valence electrons. The molecule has 0 spiro atoms. The third-order valence-electron chi connectivity index (χ3n) is 4.91. The maximum Gasteiger partial charge on any atom is 0.253 e. The van der Waals surface area contributed by atoms with Crippen LogP contribution in [0.4, 0.5) is 5.69 Å². The number of carbonyl (C=O) groups excluding carboxylic acids is 2. The summed E-state index contributed by atoms with van der Waals surface area (Å²) in [4.78, 5) is 24.4. The molecule has 0 atom stereocenters. The van der Waals surface area contributed by atoms with Crippen LogP contribution in [0.5, 0.6) is 0 Å². The van der Waals surface area contributed by atoms with Crippen molar-refractivity contribution in [2.45, 2.75) is 47.8 Å². The second-order valence-corrected chi connectivity index (χ2v) is 7.33. The van der Waals surface area contributed by atoms with Gasteiger partial charge in [0.2, 0.25) is 5.91 Å². The van der Waals surface area contributed by atoms with Crippen molar-refractivity contribution in [1.29, 1.82) is 0 Å². The minimum Gasteiger partial charge on any atom is -0.351 e. The maximum absolute atomic E-state index is 12.6. The van der Waals surface area contributed by atoms with E-state index in [0.29, 0.717) is 30.0 Å². The molecule has 2 rings (SSSR count). The Balaban J connectivity index is 2.23. The number of nitrogens with one attached hydrogen (secondary N) is 1. The minimum absolute atomic E-state index is 0.176. The van der Waals surface area contributed by atoms with Gasteiger partial charge in [-0.15, -0.1) is 0 Å². The van der Waals surface area contributed by atoms with E-state index in [2.05, 4.69) is 5.32 Å². The Morgan fingerprint density at radius 1 is 1.00 bits per heavy atom. The van der Waals surface area contributed by atoms with E-state index >= 15 is 0 Å². The number of anilines is 1. The molecule has 0 aromatic heterocycles. The summed E-state index contributed by atoms with van der Waals surface area (Å²) in [5.41, 5.74) is 4.51. The Bertz CT molecular complexity index is 691. The van der Waals surface area contributed by atoms with Crippen molar-refractivity contribution >= 4 is 28.4 Å². The van der Waals surface area contributed by atoms with Crippen molar-refractivity contribution in [3.05, 3.63) is 27.8 Å². The lowest BCUT2D eigenvalue weighted by Crippen LogP contribution is -2.41. The summed E-state index contributed by atoms with van der Waals surface area (Å²) >= 11 is 5.75. The van der Waals surface area contributed by atoms with Crippen molar-refractivity contribution in [3.63, 3.8) is 0 Å². The van der Waals surface area contributed by atoms with Crippen LogP contribution in [0.1, 0.15) is 46.5 Å². The van der Waals surface area contributed by atoms with E-state index in [1.165, 1.54) is 0 Å². The van der Waals surface area contributed by atoms with Gasteiger partial charge in [0, 0.05) is 17.2 Å².